The van der Waals surface area contributed by atoms with Gasteiger partial charge in [-0.3, -0.25) is 0 Å². The minimum atomic E-state index is -3.95. The number of hydrogen-bond donors (Lipinski definition) is 3. The highest BCUT2D eigenvalue weighted by Crippen LogP contribution is 2.29. The zero-order valence-electron chi connectivity index (χ0n) is 16.5. The highest BCUT2D eigenvalue weighted by Gasteiger charge is 2.23. The number of nitrogen functional groups attached to an aromatic ring is 1. The van der Waals surface area contributed by atoms with E-state index >= 15 is 0 Å². The van der Waals surface area contributed by atoms with Gasteiger partial charge >= 0.3 is 16.3 Å². The van der Waals surface area contributed by atoms with Crippen LogP contribution < -0.4 is 20.1 Å². The lowest BCUT2D eigenvalue weighted by Gasteiger charge is -2.34. The van der Waals surface area contributed by atoms with Gasteiger partial charge in [0, 0.05) is 19.6 Å². The van der Waals surface area contributed by atoms with Crippen LogP contribution in [0.15, 0.2) is 18.2 Å². The molecule has 1 saturated heterocycles. The van der Waals surface area contributed by atoms with Crippen LogP contribution in [0.5, 0.6) is 0 Å². The number of benzene rings is 1. The van der Waals surface area contributed by atoms with Crippen molar-refractivity contribution in [2.45, 2.75) is 45.6 Å². The van der Waals surface area contributed by atoms with E-state index in [9.17, 15) is 17.6 Å². The highest BCUT2D eigenvalue weighted by atomic mass is 32.2. The molecule has 0 aliphatic carbocycles. The average Bonchev–Trinajstić information content (AvgIpc) is 2.53. The predicted molar refractivity (Wildman–Crippen MR) is 107 cm³/mol. The summed E-state index contributed by atoms with van der Waals surface area (Å²) in [5.41, 5.74) is 6.35. The fourth-order valence-corrected chi connectivity index (χ4v) is 3.84. The molecule has 1 fully saturated rings. The number of halogens is 1. The van der Waals surface area contributed by atoms with Crippen molar-refractivity contribution >= 4 is 27.7 Å². The standard InChI is InChI=1S/C18H29FN4O4S/c1-18(2,3)27-17(24)22-28(25,26)21-9-6-13-7-10-23(11-8-13)16-5-4-14(19)12-15(16)20/h4-5,12-13,21H,6-11,20H2,1-3H3,(H,22,24). The monoisotopic (exact) mass is 416 g/mol. The number of hydrogen-bond acceptors (Lipinski definition) is 6. The molecular weight excluding hydrogens is 387 g/mol. The quantitative estimate of drug-likeness (QED) is 0.614. The molecule has 1 aromatic rings. The van der Waals surface area contributed by atoms with Crippen LogP contribution >= 0.6 is 0 Å². The maximum absolute atomic E-state index is 13.2. The summed E-state index contributed by atoms with van der Waals surface area (Å²) in [5, 5.41) is 0. The van der Waals surface area contributed by atoms with Gasteiger partial charge in [0.1, 0.15) is 11.4 Å². The Morgan fingerprint density at radius 3 is 2.54 bits per heavy atom. The number of piperidine rings is 1. The highest BCUT2D eigenvalue weighted by molar-refractivity contribution is 7.88. The summed E-state index contributed by atoms with van der Waals surface area (Å²) in [6.45, 7) is 6.71. The molecule has 1 heterocycles. The molecule has 0 radical (unpaired) electrons. The van der Waals surface area contributed by atoms with Gasteiger partial charge < -0.3 is 15.4 Å². The Bertz CT molecular complexity index is 787. The minimum absolute atomic E-state index is 0.224. The van der Waals surface area contributed by atoms with E-state index < -0.39 is 21.9 Å². The number of nitrogens with two attached hydrogens (primary N) is 1. The molecular formula is C18H29FN4O4S. The van der Waals surface area contributed by atoms with Crippen molar-refractivity contribution in [2.75, 3.05) is 30.3 Å². The molecule has 1 aromatic carbocycles. The fourth-order valence-electron chi connectivity index (χ4n) is 3.12. The Morgan fingerprint density at radius 1 is 1.32 bits per heavy atom. The van der Waals surface area contributed by atoms with Gasteiger partial charge in [0.2, 0.25) is 0 Å². The Kier molecular flexibility index (Phi) is 7.11. The topological polar surface area (TPSA) is 114 Å². The summed E-state index contributed by atoms with van der Waals surface area (Å²) >= 11 is 0. The first-order valence-electron chi connectivity index (χ1n) is 9.25. The molecule has 2 rings (SSSR count). The van der Waals surface area contributed by atoms with Crippen molar-refractivity contribution in [3.63, 3.8) is 0 Å². The van der Waals surface area contributed by atoms with Crippen molar-refractivity contribution in [1.29, 1.82) is 0 Å². The zero-order chi connectivity index (χ0) is 20.9. The minimum Gasteiger partial charge on any atom is -0.443 e. The maximum Gasteiger partial charge on any atom is 0.422 e. The van der Waals surface area contributed by atoms with Crippen LogP contribution in [0.4, 0.5) is 20.6 Å². The van der Waals surface area contributed by atoms with Gasteiger partial charge in [0.15, 0.2) is 0 Å². The number of anilines is 2. The smallest absolute Gasteiger partial charge is 0.422 e. The number of carbonyl (C=O) groups excluding carboxylic acids is 1. The number of nitrogens with zero attached hydrogens (tertiary/aromatic N) is 1. The third-order valence-electron chi connectivity index (χ3n) is 4.41. The average molecular weight is 417 g/mol. The van der Waals surface area contributed by atoms with E-state index in [1.807, 2.05) is 4.72 Å². The summed E-state index contributed by atoms with van der Waals surface area (Å²) in [7, 11) is -3.95. The van der Waals surface area contributed by atoms with E-state index in [0.717, 1.165) is 31.6 Å². The van der Waals surface area contributed by atoms with Crippen LogP contribution in [-0.2, 0) is 14.9 Å². The van der Waals surface area contributed by atoms with E-state index in [0.29, 0.717) is 18.0 Å². The molecule has 1 aliphatic rings. The van der Waals surface area contributed by atoms with Gasteiger partial charge in [-0.05, 0) is 64.2 Å². The van der Waals surface area contributed by atoms with Gasteiger partial charge in [-0.2, -0.15) is 13.1 Å². The van der Waals surface area contributed by atoms with Crippen molar-refractivity contribution in [2.24, 2.45) is 5.92 Å². The number of carbonyl (C=O) groups is 1. The molecule has 158 valence electrons. The van der Waals surface area contributed by atoms with Crippen LogP contribution in [0, 0.1) is 11.7 Å². The SMILES string of the molecule is CC(C)(C)OC(=O)NS(=O)(=O)NCCC1CCN(c2ccc(F)cc2N)CC1. The summed E-state index contributed by atoms with van der Waals surface area (Å²) in [5.74, 6) is -0.00874. The molecule has 1 aliphatic heterocycles. The van der Waals surface area contributed by atoms with Crippen LogP contribution in [-0.4, -0.2) is 39.7 Å². The van der Waals surface area contributed by atoms with E-state index in [2.05, 4.69) is 9.62 Å². The molecule has 8 nitrogen and oxygen atoms in total. The normalized spacial score (nSPS) is 16.1. The molecule has 0 saturated carbocycles. The van der Waals surface area contributed by atoms with E-state index in [1.54, 1.807) is 26.8 Å². The lowest BCUT2D eigenvalue weighted by atomic mass is 9.93. The molecule has 0 unspecified atom stereocenters. The Labute approximate surface area is 165 Å². The molecule has 1 amide bonds. The molecule has 4 N–H and O–H groups in total. The third-order valence-corrected chi connectivity index (χ3v) is 5.43. The van der Waals surface area contributed by atoms with Gasteiger partial charge in [-0.1, -0.05) is 0 Å². The number of ether oxygens (including phenoxy) is 1. The second-order valence-electron chi connectivity index (χ2n) is 7.92. The number of amides is 1. The number of rotatable bonds is 6. The van der Waals surface area contributed by atoms with Crippen molar-refractivity contribution in [1.82, 2.24) is 9.44 Å². The van der Waals surface area contributed by atoms with E-state index in [1.165, 1.54) is 12.1 Å². The van der Waals surface area contributed by atoms with Gasteiger partial charge in [0.25, 0.3) is 0 Å². The molecule has 28 heavy (non-hydrogen) atoms. The lowest BCUT2D eigenvalue weighted by Crippen LogP contribution is -2.43. The summed E-state index contributed by atoms with van der Waals surface area (Å²) < 4.78 is 46.1. The fraction of sp³-hybridized carbons (Fsp3) is 0.611. The van der Waals surface area contributed by atoms with E-state index in [-0.39, 0.29) is 12.4 Å². The van der Waals surface area contributed by atoms with Crippen molar-refractivity contribution < 1.29 is 22.3 Å². The summed E-state index contributed by atoms with van der Waals surface area (Å²) in [6, 6.07) is 4.39. The first-order chi connectivity index (χ1) is 13.0. The van der Waals surface area contributed by atoms with Gasteiger partial charge in [-0.25, -0.2) is 13.9 Å². The second kappa shape index (κ2) is 8.95. The van der Waals surface area contributed by atoms with Crippen LogP contribution in [0.2, 0.25) is 0 Å². The van der Waals surface area contributed by atoms with Crippen molar-refractivity contribution in [3.8, 4) is 0 Å². The molecule has 0 spiro atoms. The Hall–Kier alpha value is -2.07. The summed E-state index contributed by atoms with van der Waals surface area (Å²) in [4.78, 5) is 13.7. The van der Waals surface area contributed by atoms with Crippen LogP contribution in [0.25, 0.3) is 0 Å². The van der Waals surface area contributed by atoms with Crippen LogP contribution in [0.1, 0.15) is 40.0 Å². The number of nitrogens with one attached hydrogen (secondary N) is 2. The molecule has 10 heteroatoms. The first kappa shape index (κ1) is 22.2. The maximum atomic E-state index is 13.2. The van der Waals surface area contributed by atoms with Gasteiger partial charge in [0.05, 0.1) is 11.4 Å². The molecule has 0 aromatic heterocycles. The Morgan fingerprint density at radius 2 is 1.96 bits per heavy atom. The summed E-state index contributed by atoms with van der Waals surface area (Å²) in [6.07, 6.45) is 1.39. The third kappa shape index (κ3) is 7.16. The molecule has 0 atom stereocenters. The first-order valence-corrected chi connectivity index (χ1v) is 10.7. The largest absolute Gasteiger partial charge is 0.443 e. The lowest BCUT2D eigenvalue weighted by molar-refractivity contribution is 0.0569. The molecule has 0 bridgehead atoms. The van der Waals surface area contributed by atoms with E-state index in [4.69, 9.17) is 10.5 Å². The van der Waals surface area contributed by atoms with Crippen LogP contribution in [0.3, 0.4) is 0 Å². The van der Waals surface area contributed by atoms with Gasteiger partial charge in [-0.15, -0.1) is 0 Å². The Balaban J connectivity index is 1.74. The zero-order valence-corrected chi connectivity index (χ0v) is 17.3. The second-order valence-corrected chi connectivity index (χ2v) is 9.42. The van der Waals surface area contributed by atoms with Crippen molar-refractivity contribution in [3.05, 3.63) is 24.0 Å². The predicted octanol–water partition coefficient (Wildman–Crippen LogP) is 2.37.